The number of benzene rings is 6. The molecule has 0 N–H and O–H groups in total. The summed E-state index contributed by atoms with van der Waals surface area (Å²) in [6.45, 7) is 0.793. The first-order valence-electron chi connectivity index (χ1n) is 16.5. The van der Waals surface area contributed by atoms with Gasteiger partial charge in [-0.1, -0.05) is 78.9 Å². The molecule has 10 rings (SSSR count). The first-order valence-corrected chi connectivity index (χ1v) is 16.5. The molecule has 6 aromatic carbocycles. The van der Waals surface area contributed by atoms with Crippen molar-refractivity contribution in [3.05, 3.63) is 158 Å². The fraction of sp³-hybridized carbons (Fsp3) is 0.0465. The van der Waals surface area contributed by atoms with Gasteiger partial charge in [0.1, 0.15) is 11.4 Å². The molecule has 6 heteroatoms. The van der Waals surface area contributed by atoms with Crippen LogP contribution in [0.2, 0.25) is 0 Å². The van der Waals surface area contributed by atoms with Gasteiger partial charge in [0.25, 0.3) is 0 Å². The Hall–Kier alpha value is -6.53. The SMILES string of the molecule is CN1C=CN(c2cccc(N(c3ccc4c5ccccc5n(-c5ccccn5)c4c3)c3c4ccccc4cc4c3oc3ccccc34)c2)C1. The summed E-state index contributed by atoms with van der Waals surface area (Å²) in [6.07, 6.45) is 6.10. The summed E-state index contributed by atoms with van der Waals surface area (Å²) in [5.41, 5.74) is 8.13. The molecule has 1 aliphatic rings. The second-order valence-corrected chi connectivity index (χ2v) is 12.7. The third-order valence-corrected chi connectivity index (χ3v) is 9.68. The van der Waals surface area contributed by atoms with Gasteiger partial charge < -0.3 is 19.1 Å². The molecule has 1 aliphatic heterocycles. The van der Waals surface area contributed by atoms with Crippen LogP contribution in [-0.4, -0.2) is 28.2 Å². The quantitative estimate of drug-likeness (QED) is 0.189. The number of anilines is 4. The minimum Gasteiger partial charge on any atom is -0.454 e. The van der Waals surface area contributed by atoms with E-state index in [-0.39, 0.29) is 0 Å². The maximum absolute atomic E-state index is 6.80. The van der Waals surface area contributed by atoms with Gasteiger partial charge in [0, 0.05) is 69.6 Å². The Morgan fingerprint density at radius 1 is 0.612 bits per heavy atom. The summed E-state index contributed by atoms with van der Waals surface area (Å²) in [4.78, 5) is 11.6. The van der Waals surface area contributed by atoms with E-state index in [2.05, 4.69) is 160 Å². The minimum absolute atomic E-state index is 0.793. The van der Waals surface area contributed by atoms with E-state index in [4.69, 9.17) is 9.40 Å². The van der Waals surface area contributed by atoms with Crippen molar-refractivity contribution in [2.45, 2.75) is 0 Å². The van der Waals surface area contributed by atoms with Gasteiger partial charge in [-0.25, -0.2) is 4.98 Å². The van der Waals surface area contributed by atoms with E-state index in [0.717, 1.165) is 79.0 Å². The van der Waals surface area contributed by atoms with Gasteiger partial charge in [0.05, 0.1) is 23.4 Å². The van der Waals surface area contributed by atoms with Crippen LogP contribution < -0.4 is 9.80 Å². The normalized spacial score (nSPS) is 13.2. The molecule has 0 fully saturated rings. The van der Waals surface area contributed by atoms with Crippen molar-refractivity contribution < 1.29 is 4.42 Å². The van der Waals surface area contributed by atoms with Crippen LogP contribution in [0.4, 0.5) is 22.7 Å². The van der Waals surface area contributed by atoms with Gasteiger partial charge in [0.15, 0.2) is 5.58 Å². The van der Waals surface area contributed by atoms with Crippen LogP contribution in [0.1, 0.15) is 0 Å². The zero-order valence-electron chi connectivity index (χ0n) is 26.9. The summed E-state index contributed by atoms with van der Waals surface area (Å²) >= 11 is 0. The predicted octanol–water partition coefficient (Wildman–Crippen LogP) is 10.9. The van der Waals surface area contributed by atoms with Crippen LogP contribution in [0.25, 0.3) is 60.3 Å². The molecule has 0 saturated carbocycles. The lowest BCUT2D eigenvalue weighted by atomic mass is 10.0. The van der Waals surface area contributed by atoms with E-state index in [1.165, 1.54) is 10.8 Å². The van der Waals surface area contributed by atoms with Gasteiger partial charge in [-0.2, -0.15) is 0 Å². The van der Waals surface area contributed by atoms with Crippen LogP contribution in [-0.2, 0) is 0 Å². The number of pyridine rings is 1. The molecule has 234 valence electrons. The number of para-hydroxylation sites is 2. The van der Waals surface area contributed by atoms with Crippen molar-refractivity contribution in [1.29, 1.82) is 0 Å². The van der Waals surface area contributed by atoms with Crippen LogP contribution in [0.5, 0.6) is 0 Å². The fourth-order valence-electron chi connectivity index (χ4n) is 7.47. The summed E-state index contributed by atoms with van der Waals surface area (Å²) in [7, 11) is 2.09. The third-order valence-electron chi connectivity index (χ3n) is 9.68. The molecule has 4 heterocycles. The highest BCUT2D eigenvalue weighted by molar-refractivity contribution is 6.19. The number of fused-ring (bicyclic) bond motifs is 7. The lowest BCUT2D eigenvalue weighted by Gasteiger charge is -2.28. The molecule has 0 amide bonds. The molecule has 0 spiro atoms. The standard InChI is InChI=1S/C43H31N5O/c1-45-23-24-46(28-45)30-12-10-13-31(26-30)47(42-33-14-3-2-11-29(33)25-37-36-16-5-7-18-40(36)49-43(37)42)32-20-21-35-34-15-4-6-17-38(34)48(39(35)27-32)41-19-8-9-22-44-41/h2-27H,28H2,1H3. The Bertz CT molecular complexity index is 2740. The topological polar surface area (TPSA) is 40.7 Å². The average Bonchev–Trinajstić information content (AvgIpc) is 3.85. The van der Waals surface area contributed by atoms with Crippen LogP contribution >= 0.6 is 0 Å². The Kier molecular flexibility index (Phi) is 6.05. The van der Waals surface area contributed by atoms with Crippen LogP contribution in [0, 0.1) is 0 Å². The fourth-order valence-corrected chi connectivity index (χ4v) is 7.47. The summed E-state index contributed by atoms with van der Waals surface area (Å²) in [6, 6.07) is 49.5. The van der Waals surface area contributed by atoms with E-state index >= 15 is 0 Å². The molecule has 6 nitrogen and oxygen atoms in total. The summed E-state index contributed by atoms with van der Waals surface area (Å²) in [5, 5.41) is 6.84. The molecular formula is C43H31N5O. The van der Waals surface area contributed by atoms with Crippen molar-refractivity contribution in [2.24, 2.45) is 0 Å². The molecule has 0 aliphatic carbocycles. The number of hydrogen-bond acceptors (Lipinski definition) is 5. The first-order chi connectivity index (χ1) is 24.2. The molecule has 0 bridgehead atoms. The van der Waals surface area contributed by atoms with Crippen molar-refractivity contribution in [3.63, 3.8) is 0 Å². The predicted molar refractivity (Wildman–Crippen MR) is 202 cm³/mol. The smallest absolute Gasteiger partial charge is 0.160 e. The van der Waals surface area contributed by atoms with E-state index in [0.29, 0.717) is 0 Å². The molecular weight excluding hydrogens is 603 g/mol. The molecule has 3 aromatic heterocycles. The number of rotatable bonds is 5. The largest absolute Gasteiger partial charge is 0.454 e. The molecule has 0 atom stereocenters. The molecule has 0 saturated heterocycles. The number of furan rings is 1. The van der Waals surface area contributed by atoms with Gasteiger partial charge >= 0.3 is 0 Å². The van der Waals surface area contributed by atoms with E-state index in [9.17, 15) is 0 Å². The first kappa shape index (κ1) is 27.6. The molecule has 9 aromatic rings. The molecule has 0 radical (unpaired) electrons. The van der Waals surface area contributed by atoms with Crippen molar-refractivity contribution >= 4 is 77.3 Å². The van der Waals surface area contributed by atoms with Gasteiger partial charge in [-0.15, -0.1) is 0 Å². The van der Waals surface area contributed by atoms with Crippen molar-refractivity contribution in [3.8, 4) is 5.82 Å². The van der Waals surface area contributed by atoms with Gasteiger partial charge in [-0.05, 0) is 66.0 Å². The highest BCUT2D eigenvalue weighted by atomic mass is 16.3. The maximum Gasteiger partial charge on any atom is 0.160 e. The number of nitrogens with zero attached hydrogens (tertiary/aromatic N) is 5. The van der Waals surface area contributed by atoms with E-state index in [1.54, 1.807) is 0 Å². The Morgan fingerprint density at radius 3 is 2.24 bits per heavy atom. The summed E-state index contributed by atoms with van der Waals surface area (Å²) in [5.74, 6) is 0.883. The maximum atomic E-state index is 6.80. The Balaban J connectivity index is 1.31. The zero-order chi connectivity index (χ0) is 32.5. The average molecular weight is 634 g/mol. The number of hydrogen-bond donors (Lipinski definition) is 0. The summed E-state index contributed by atoms with van der Waals surface area (Å²) < 4.78 is 9.07. The van der Waals surface area contributed by atoms with Crippen molar-refractivity contribution in [1.82, 2.24) is 14.5 Å². The molecule has 49 heavy (non-hydrogen) atoms. The lowest BCUT2D eigenvalue weighted by Crippen LogP contribution is -2.21. The second-order valence-electron chi connectivity index (χ2n) is 12.7. The third kappa shape index (κ3) is 4.31. The minimum atomic E-state index is 0.793. The van der Waals surface area contributed by atoms with Crippen molar-refractivity contribution in [2.75, 3.05) is 23.5 Å². The Labute approximate surface area is 282 Å². The van der Waals surface area contributed by atoms with Gasteiger partial charge in [0.2, 0.25) is 0 Å². The lowest BCUT2D eigenvalue weighted by molar-refractivity contribution is 0.496. The Morgan fingerprint density at radius 2 is 1.39 bits per heavy atom. The highest BCUT2D eigenvalue weighted by Crippen LogP contribution is 2.48. The van der Waals surface area contributed by atoms with E-state index < -0.39 is 0 Å². The zero-order valence-corrected chi connectivity index (χ0v) is 26.9. The van der Waals surface area contributed by atoms with E-state index in [1.807, 2.05) is 24.4 Å². The van der Waals surface area contributed by atoms with Gasteiger partial charge in [-0.3, -0.25) is 4.57 Å². The number of aromatic nitrogens is 2. The monoisotopic (exact) mass is 633 g/mol. The van der Waals surface area contributed by atoms with Crippen LogP contribution in [0.3, 0.4) is 0 Å². The second kappa shape index (κ2) is 10.8. The molecule has 0 unspecified atom stereocenters. The highest BCUT2D eigenvalue weighted by Gasteiger charge is 2.25. The van der Waals surface area contributed by atoms with Crippen LogP contribution in [0.15, 0.2) is 163 Å².